The molecule has 1 N–H and O–H groups in total. The summed E-state index contributed by atoms with van der Waals surface area (Å²) >= 11 is 0. The normalized spacial score (nSPS) is 28.8. The van der Waals surface area contributed by atoms with Gasteiger partial charge in [-0.05, 0) is 51.2 Å². The van der Waals surface area contributed by atoms with Crippen molar-refractivity contribution in [2.45, 2.75) is 58.8 Å². The van der Waals surface area contributed by atoms with E-state index in [0.717, 1.165) is 5.92 Å². The van der Waals surface area contributed by atoms with Gasteiger partial charge in [0.15, 0.2) is 0 Å². The minimum Gasteiger partial charge on any atom is -0.319 e. The van der Waals surface area contributed by atoms with E-state index >= 15 is 0 Å². The van der Waals surface area contributed by atoms with Crippen LogP contribution in [0, 0.1) is 11.3 Å². The Balaban J connectivity index is 2.45. The van der Waals surface area contributed by atoms with Crippen LogP contribution in [-0.2, 0) is 0 Å². The molecule has 0 aromatic heterocycles. The maximum Gasteiger partial charge on any atom is 0.00472 e. The number of unbranched alkanes of at least 4 members (excludes halogenated alkanes) is 2. The van der Waals surface area contributed by atoms with Crippen molar-refractivity contribution < 1.29 is 0 Å². The average molecular weight is 254 g/mol. The maximum absolute atomic E-state index is 3.44. The molecule has 2 atom stereocenters. The Morgan fingerprint density at radius 1 is 1.33 bits per heavy atom. The van der Waals surface area contributed by atoms with E-state index in [1.54, 1.807) is 0 Å². The fourth-order valence-corrected chi connectivity index (χ4v) is 3.79. The van der Waals surface area contributed by atoms with E-state index in [4.69, 9.17) is 0 Å². The van der Waals surface area contributed by atoms with Crippen LogP contribution in [0.3, 0.4) is 0 Å². The summed E-state index contributed by atoms with van der Waals surface area (Å²) in [6, 6.07) is 0. The van der Waals surface area contributed by atoms with Crippen molar-refractivity contribution in [2.24, 2.45) is 11.3 Å². The van der Waals surface area contributed by atoms with E-state index in [0.29, 0.717) is 5.41 Å². The molecule has 0 radical (unpaired) electrons. The Kier molecular flexibility index (Phi) is 7.25. The van der Waals surface area contributed by atoms with Gasteiger partial charge in [0.1, 0.15) is 0 Å². The lowest BCUT2D eigenvalue weighted by Crippen LogP contribution is -2.45. The van der Waals surface area contributed by atoms with E-state index in [2.05, 4.69) is 38.2 Å². The molecule has 18 heavy (non-hydrogen) atoms. The second-order valence-corrected chi connectivity index (χ2v) is 6.68. The summed E-state index contributed by atoms with van der Waals surface area (Å²) < 4.78 is 0. The van der Waals surface area contributed by atoms with Crippen LogP contribution in [0.25, 0.3) is 0 Å². The average Bonchev–Trinajstić information content (AvgIpc) is 2.29. The molecule has 0 spiro atoms. The molecule has 0 aliphatic heterocycles. The monoisotopic (exact) mass is 254 g/mol. The zero-order valence-corrected chi connectivity index (χ0v) is 13.1. The van der Waals surface area contributed by atoms with Crippen LogP contribution in [0.5, 0.6) is 0 Å². The number of nitrogens with one attached hydrogen (secondary N) is 1. The third-order valence-corrected chi connectivity index (χ3v) is 4.49. The third kappa shape index (κ3) is 5.27. The predicted octanol–water partition coefficient (Wildman–Crippen LogP) is 3.52. The predicted molar refractivity (Wildman–Crippen MR) is 81.0 cm³/mol. The van der Waals surface area contributed by atoms with Crippen LogP contribution in [0.4, 0.5) is 0 Å². The highest BCUT2D eigenvalue weighted by Crippen LogP contribution is 2.39. The Labute approximate surface area is 115 Å². The highest BCUT2D eigenvalue weighted by molar-refractivity contribution is 4.89. The zero-order chi connectivity index (χ0) is 13.4. The summed E-state index contributed by atoms with van der Waals surface area (Å²) in [5.41, 5.74) is 0.535. The topological polar surface area (TPSA) is 15.3 Å². The lowest BCUT2D eigenvalue weighted by Gasteiger charge is -2.42. The van der Waals surface area contributed by atoms with Crippen molar-refractivity contribution in [2.75, 3.05) is 33.7 Å². The minimum absolute atomic E-state index is 0.535. The van der Waals surface area contributed by atoms with Gasteiger partial charge in [0.2, 0.25) is 0 Å². The van der Waals surface area contributed by atoms with Crippen molar-refractivity contribution in [3.05, 3.63) is 0 Å². The quantitative estimate of drug-likeness (QED) is 0.667. The van der Waals surface area contributed by atoms with Gasteiger partial charge in [0.05, 0.1) is 0 Å². The van der Waals surface area contributed by atoms with E-state index < -0.39 is 0 Å². The van der Waals surface area contributed by atoms with Crippen LogP contribution in [-0.4, -0.2) is 38.6 Å². The van der Waals surface area contributed by atoms with Crippen molar-refractivity contribution in [1.82, 2.24) is 10.2 Å². The zero-order valence-electron chi connectivity index (χ0n) is 13.1. The summed E-state index contributed by atoms with van der Waals surface area (Å²) in [5, 5.41) is 3.44. The Morgan fingerprint density at radius 3 is 2.72 bits per heavy atom. The van der Waals surface area contributed by atoms with Gasteiger partial charge in [-0.2, -0.15) is 0 Å². The molecule has 1 fully saturated rings. The molecule has 1 rings (SSSR count). The van der Waals surface area contributed by atoms with Crippen molar-refractivity contribution in [3.8, 4) is 0 Å². The minimum atomic E-state index is 0.535. The maximum atomic E-state index is 3.44. The first-order valence-corrected chi connectivity index (χ1v) is 7.95. The Hall–Kier alpha value is -0.0800. The molecular formula is C16H34N2. The lowest BCUT2D eigenvalue weighted by molar-refractivity contribution is 0.0932. The number of hydrogen-bond acceptors (Lipinski definition) is 2. The van der Waals surface area contributed by atoms with Gasteiger partial charge >= 0.3 is 0 Å². The van der Waals surface area contributed by atoms with Gasteiger partial charge < -0.3 is 10.2 Å². The van der Waals surface area contributed by atoms with Crippen LogP contribution < -0.4 is 5.32 Å². The van der Waals surface area contributed by atoms with Gasteiger partial charge in [-0.3, -0.25) is 0 Å². The van der Waals surface area contributed by atoms with Crippen LogP contribution in [0.2, 0.25) is 0 Å². The van der Waals surface area contributed by atoms with Crippen LogP contribution >= 0.6 is 0 Å². The molecular weight excluding hydrogens is 220 g/mol. The molecule has 1 aliphatic rings. The van der Waals surface area contributed by atoms with Gasteiger partial charge in [0.25, 0.3) is 0 Å². The Morgan fingerprint density at radius 2 is 2.11 bits per heavy atom. The molecule has 1 aliphatic carbocycles. The fraction of sp³-hybridized carbons (Fsp3) is 1.00. The van der Waals surface area contributed by atoms with Crippen molar-refractivity contribution in [3.63, 3.8) is 0 Å². The molecule has 2 heteroatoms. The molecule has 0 aromatic carbocycles. The highest BCUT2D eigenvalue weighted by Gasteiger charge is 2.35. The molecule has 0 amide bonds. The molecule has 2 unspecified atom stereocenters. The first-order valence-electron chi connectivity index (χ1n) is 7.95. The molecule has 108 valence electrons. The molecule has 2 nitrogen and oxygen atoms in total. The molecule has 0 aromatic rings. The first kappa shape index (κ1) is 16.0. The molecule has 0 bridgehead atoms. The van der Waals surface area contributed by atoms with E-state index in [-0.39, 0.29) is 0 Å². The van der Waals surface area contributed by atoms with Gasteiger partial charge in [-0.25, -0.2) is 0 Å². The van der Waals surface area contributed by atoms with Crippen LogP contribution in [0.1, 0.15) is 58.8 Å². The first-order chi connectivity index (χ1) is 8.62. The highest BCUT2D eigenvalue weighted by atomic mass is 15.1. The summed E-state index contributed by atoms with van der Waals surface area (Å²) in [6.07, 6.45) is 9.74. The van der Waals surface area contributed by atoms with Crippen molar-refractivity contribution >= 4 is 0 Å². The summed E-state index contributed by atoms with van der Waals surface area (Å²) in [7, 11) is 4.42. The number of nitrogens with zero attached hydrogens (tertiary/aromatic N) is 1. The van der Waals surface area contributed by atoms with Crippen LogP contribution in [0.15, 0.2) is 0 Å². The van der Waals surface area contributed by atoms with E-state index in [9.17, 15) is 0 Å². The van der Waals surface area contributed by atoms with E-state index in [1.807, 2.05) is 0 Å². The van der Waals surface area contributed by atoms with Gasteiger partial charge in [0, 0.05) is 13.1 Å². The largest absolute Gasteiger partial charge is 0.319 e. The summed E-state index contributed by atoms with van der Waals surface area (Å²) in [5.74, 6) is 0.913. The second-order valence-electron chi connectivity index (χ2n) is 6.68. The summed E-state index contributed by atoms with van der Waals surface area (Å²) in [4.78, 5) is 2.57. The number of hydrogen-bond donors (Lipinski definition) is 1. The Bertz CT molecular complexity index is 213. The second kappa shape index (κ2) is 8.16. The SMILES string of the molecule is CCCCCN(C)CC1(CNC)CCCC(C)C1. The smallest absolute Gasteiger partial charge is 0.00472 e. The van der Waals surface area contributed by atoms with Gasteiger partial charge in [-0.15, -0.1) is 0 Å². The lowest BCUT2D eigenvalue weighted by atomic mass is 9.69. The fourth-order valence-electron chi connectivity index (χ4n) is 3.79. The van der Waals surface area contributed by atoms with Gasteiger partial charge in [-0.1, -0.05) is 39.5 Å². The van der Waals surface area contributed by atoms with E-state index in [1.165, 1.54) is 64.6 Å². The molecule has 0 heterocycles. The van der Waals surface area contributed by atoms with Crippen molar-refractivity contribution in [1.29, 1.82) is 0 Å². The third-order valence-electron chi connectivity index (χ3n) is 4.49. The number of rotatable bonds is 8. The molecule has 0 saturated heterocycles. The molecule has 1 saturated carbocycles. The summed E-state index contributed by atoms with van der Waals surface area (Å²) in [6.45, 7) is 8.46. The standard InChI is InChI=1S/C16H34N2/c1-5-6-7-11-18(4)14-16(13-17-3)10-8-9-15(2)12-16/h15,17H,5-14H2,1-4H3.